The molecule has 4 rings (SSSR count). The highest BCUT2D eigenvalue weighted by atomic mass is 19.2. The number of amides is 1. The number of benzene rings is 2. The van der Waals surface area contributed by atoms with Crippen LogP contribution in [0.25, 0.3) is 22.2 Å². The highest BCUT2D eigenvalue weighted by molar-refractivity contribution is 5.81. The Morgan fingerprint density at radius 2 is 1.86 bits per heavy atom. The Bertz CT molecular complexity index is 1070. The number of carbonyl (C=O) groups excluding carboxylic acids is 1. The average molecular weight is 398 g/mol. The summed E-state index contributed by atoms with van der Waals surface area (Å²) in [5.74, 6) is -1.12. The molecule has 1 aliphatic rings. The number of fused-ring (bicyclic) bond motifs is 1. The summed E-state index contributed by atoms with van der Waals surface area (Å²) in [6.07, 6.45) is 2.21. The van der Waals surface area contributed by atoms with Crippen molar-refractivity contribution in [1.29, 1.82) is 0 Å². The minimum atomic E-state index is -0.887. The van der Waals surface area contributed by atoms with Crippen LogP contribution < -0.4 is 0 Å². The largest absolute Gasteiger partial charge is 0.438 e. The number of hydrogen-bond acceptors (Lipinski definition) is 3. The van der Waals surface area contributed by atoms with E-state index in [1.54, 1.807) is 18.2 Å². The molecule has 6 heteroatoms. The van der Waals surface area contributed by atoms with E-state index in [0.717, 1.165) is 24.5 Å². The lowest BCUT2D eigenvalue weighted by atomic mass is 9.91. The Morgan fingerprint density at radius 1 is 1.14 bits per heavy atom. The number of halogens is 2. The first kappa shape index (κ1) is 19.6. The number of aromatic nitrogens is 1. The summed E-state index contributed by atoms with van der Waals surface area (Å²) in [5, 5.41) is 0. The normalized spacial score (nSPS) is 17.3. The molecule has 0 unspecified atom stereocenters. The van der Waals surface area contributed by atoms with Crippen LogP contribution in [0.3, 0.4) is 0 Å². The Kier molecular flexibility index (Phi) is 4.89. The van der Waals surface area contributed by atoms with Crippen molar-refractivity contribution in [2.24, 2.45) is 5.41 Å². The Balaban J connectivity index is 1.63. The Labute approximate surface area is 168 Å². The summed E-state index contributed by atoms with van der Waals surface area (Å²) in [4.78, 5) is 19.2. The fourth-order valence-corrected chi connectivity index (χ4v) is 3.82. The molecule has 0 N–H and O–H groups in total. The van der Waals surface area contributed by atoms with Crippen LogP contribution in [0.1, 0.15) is 52.0 Å². The van der Waals surface area contributed by atoms with Crippen LogP contribution in [0.15, 0.2) is 40.8 Å². The predicted octanol–water partition coefficient (Wildman–Crippen LogP) is 5.87. The van der Waals surface area contributed by atoms with Crippen LogP contribution in [0.5, 0.6) is 0 Å². The summed E-state index contributed by atoms with van der Waals surface area (Å²) in [6.45, 7) is 6.86. The molecule has 1 aromatic heterocycles. The first-order valence-corrected chi connectivity index (χ1v) is 9.87. The number of hydrogen-bond donors (Lipinski definition) is 0. The van der Waals surface area contributed by atoms with E-state index < -0.39 is 11.6 Å². The summed E-state index contributed by atoms with van der Waals surface area (Å²) in [5.41, 5.74) is 2.46. The second-order valence-electron chi connectivity index (χ2n) is 8.85. The van der Waals surface area contributed by atoms with Gasteiger partial charge in [-0.25, -0.2) is 13.8 Å². The topological polar surface area (TPSA) is 46.3 Å². The fourth-order valence-electron chi connectivity index (χ4n) is 3.82. The smallest absolute Gasteiger partial charge is 0.223 e. The molecule has 1 fully saturated rings. The van der Waals surface area contributed by atoms with E-state index in [1.165, 1.54) is 12.1 Å². The monoisotopic (exact) mass is 398 g/mol. The maximum atomic E-state index is 13.6. The van der Waals surface area contributed by atoms with Gasteiger partial charge in [-0.2, -0.15) is 0 Å². The summed E-state index contributed by atoms with van der Waals surface area (Å²) in [7, 11) is 0. The van der Waals surface area contributed by atoms with Crippen LogP contribution in [0.4, 0.5) is 8.78 Å². The highest BCUT2D eigenvalue weighted by Gasteiger charge is 2.34. The van der Waals surface area contributed by atoms with Gasteiger partial charge in [-0.1, -0.05) is 32.9 Å². The first-order valence-electron chi connectivity index (χ1n) is 9.87. The molecule has 1 amide bonds. The zero-order valence-corrected chi connectivity index (χ0v) is 16.8. The first-order chi connectivity index (χ1) is 13.7. The average Bonchev–Trinajstić information content (AvgIpc) is 3.28. The lowest BCUT2D eigenvalue weighted by molar-refractivity contribution is -0.134. The van der Waals surface area contributed by atoms with Gasteiger partial charge in [0.2, 0.25) is 11.8 Å². The van der Waals surface area contributed by atoms with Crippen molar-refractivity contribution in [1.82, 2.24) is 9.88 Å². The molecule has 1 aliphatic heterocycles. The molecule has 0 aliphatic carbocycles. The van der Waals surface area contributed by atoms with E-state index in [-0.39, 0.29) is 17.4 Å². The van der Waals surface area contributed by atoms with Crippen LogP contribution in [0.2, 0.25) is 0 Å². The van der Waals surface area contributed by atoms with Gasteiger partial charge in [-0.05, 0) is 53.6 Å². The number of nitrogens with zero attached hydrogens (tertiary/aromatic N) is 2. The SMILES string of the molecule is CC(C)(C)CC(=O)N1CCC[C@H]1c1nc2cc(-c3ccc(F)c(F)c3)ccc2o1. The number of rotatable bonds is 3. The van der Waals surface area contributed by atoms with Gasteiger partial charge in [0, 0.05) is 13.0 Å². The van der Waals surface area contributed by atoms with Gasteiger partial charge < -0.3 is 9.32 Å². The van der Waals surface area contributed by atoms with E-state index in [2.05, 4.69) is 25.8 Å². The number of likely N-dealkylation sites (tertiary alicyclic amines) is 1. The van der Waals surface area contributed by atoms with Gasteiger partial charge in [0.05, 0.1) is 0 Å². The van der Waals surface area contributed by atoms with Crippen molar-refractivity contribution in [3.63, 3.8) is 0 Å². The third kappa shape index (κ3) is 4.02. The van der Waals surface area contributed by atoms with E-state index in [1.807, 2.05) is 4.90 Å². The van der Waals surface area contributed by atoms with Crippen LogP contribution in [-0.2, 0) is 4.79 Å². The van der Waals surface area contributed by atoms with E-state index in [0.29, 0.717) is 35.5 Å². The third-order valence-corrected chi connectivity index (χ3v) is 5.20. The van der Waals surface area contributed by atoms with Gasteiger partial charge >= 0.3 is 0 Å². The van der Waals surface area contributed by atoms with Crippen molar-refractivity contribution in [2.75, 3.05) is 6.54 Å². The molecule has 1 saturated heterocycles. The lowest BCUT2D eigenvalue weighted by Gasteiger charge is -2.26. The second-order valence-corrected chi connectivity index (χ2v) is 8.85. The molecule has 4 nitrogen and oxygen atoms in total. The zero-order valence-electron chi connectivity index (χ0n) is 16.8. The van der Waals surface area contributed by atoms with Crippen molar-refractivity contribution < 1.29 is 18.0 Å². The molecule has 2 heterocycles. The maximum Gasteiger partial charge on any atom is 0.223 e. The molecule has 152 valence electrons. The number of carbonyl (C=O) groups is 1. The molecular weight excluding hydrogens is 374 g/mol. The van der Waals surface area contributed by atoms with Crippen LogP contribution in [0, 0.1) is 17.0 Å². The highest BCUT2D eigenvalue weighted by Crippen LogP contribution is 2.36. The van der Waals surface area contributed by atoms with Crippen molar-refractivity contribution in [3.8, 4) is 11.1 Å². The Morgan fingerprint density at radius 3 is 2.59 bits per heavy atom. The van der Waals surface area contributed by atoms with Crippen molar-refractivity contribution in [3.05, 3.63) is 53.9 Å². The predicted molar refractivity (Wildman–Crippen MR) is 107 cm³/mol. The summed E-state index contributed by atoms with van der Waals surface area (Å²) >= 11 is 0. The zero-order chi connectivity index (χ0) is 20.8. The molecule has 0 spiro atoms. The van der Waals surface area contributed by atoms with Crippen LogP contribution in [-0.4, -0.2) is 22.3 Å². The van der Waals surface area contributed by atoms with E-state index >= 15 is 0 Å². The molecule has 0 saturated carbocycles. The minimum absolute atomic E-state index is 0.0785. The standard InChI is InChI=1S/C23H24F2N2O2/c1-23(2,3)13-21(28)27-10-4-5-19(27)22-26-18-12-15(7-9-20(18)29-22)14-6-8-16(24)17(25)11-14/h6-9,11-12,19H,4-5,10,13H2,1-3H3/t19-/m0/s1. The van der Waals surface area contributed by atoms with Crippen molar-refractivity contribution >= 4 is 17.0 Å². The van der Waals surface area contributed by atoms with Crippen molar-refractivity contribution in [2.45, 2.75) is 46.1 Å². The molecule has 0 bridgehead atoms. The summed E-state index contributed by atoms with van der Waals surface area (Å²) < 4.78 is 32.7. The second kappa shape index (κ2) is 7.25. The molecule has 0 radical (unpaired) electrons. The molecular formula is C23H24F2N2O2. The Hall–Kier alpha value is -2.76. The maximum absolute atomic E-state index is 13.6. The quantitative estimate of drug-likeness (QED) is 0.554. The fraction of sp³-hybridized carbons (Fsp3) is 0.391. The van der Waals surface area contributed by atoms with Gasteiger partial charge in [-0.15, -0.1) is 0 Å². The van der Waals surface area contributed by atoms with E-state index in [9.17, 15) is 13.6 Å². The minimum Gasteiger partial charge on any atom is -0.438 e. The molecule has 3 aromatic rings. The van der Waals surface area contributed by atoms with Gasteiger partial charge in [0.25, 0.3) is 0 Å². The van der Waals surface area contributed by atoms with Gasteiger partial charge in [0.15, 0.2) is 17.2 Å². The molecule has 2 aromatic carbocycles. The van der Waals surface area contributed by atoms with E-state index in [4.69, 9.17) is 4.42 Å². The lowest BCUT2D eigenvalue weighted by Crippen LogP contribution is -2.33. The molecule has 1 atom stereocenters. The van der Waals surface area contributed by atoms with Gasteiger partial charge in [-0.3, -0.25) is 4.79 Å². The summed E-state index contributed by atoms with van der Waals surface area (Å²) in [6, 6.07) is 9.01. The van der Waals surface area contributed by atoms with Crippen LogP contribution >= 0.6 is 0 Å². The molecule has 29 heavy (non-hydrogen) atoms. The number of oxazole rings is 1. The third-order valence-electron chi connectivity index (χ3n) is 5.20. The van der Waals surface area contributed by atoms with Gasteiger partial charge in [0.1, 0.15) is 11.6 Å².